The molecule has 2 unspecified atom stereocenters. The number of benzene rings is 1. The average molecular weight is 266 g/mol. The Hall–Kier alpha value is -1.79. The zero-order valence-corrected chi connectivity index (χ0v) is 10.7. The first-order valence-corrected chi connectivity index (χ1v) is 6.15. The number of carbonyl (C=O) groups is 1. The summed E-state index contributed by atoms with van der Waals surface area (Å²) in [6.07, 6.45) is -0.248. The van der Waals surface area contributed by atoms with E-state index in [0.29, 0.717) is 13.2 Å². The summed E-state index contributed by atoms with van der Waals surface area (Å²) in [7, 11) is 0. The number of aliphatic hydroxyl groups is 1. The molecule has 6 nitrogen and oxygen atoms in total. The van der Waals surface area contributed by atoms with E-state index in [4.69, 9.17) is 20.7 Å². The monoisotopic (exact) mass is 266 g/mol. The van der Waals surface area contributed by atoms with E-state index in [1.165, 1.54) is 0 Å². The fourth-order valence-electron chi connectivity index (χ4n) is 2.20. The molecular weight excluding hydrogens is 248 g/mol. The van der Waals surface area contributed by atoms with Gasteiger partial charge in [0.15, 0.2) is 0 Å². The maximum absolute atomic E-state index is 11.1. The van der Waals surface area contributed by atoms with Crippen LogP contribution in [0.15, 0.2) is 18.2 Å². The van der Waals surface area contributed by atoms with Crippen LogP contribution in [0.3, 0.4) is 0 Å². The molecule has 1 saturated heterocycles. The molecule has 0 radical (unpaired) electrons. The second-order valence-corrected chi connectivity index (χ2v) is 4.72. The van der Waals surface area contributed by atoms with E-state index < -0.39 is 5.97 Å². The molecule has 1 fully saturated rings. The molecule has 1 aliphatic rings. The van der Waals surface area contributed by atoms with Gasteiger partial charge in [-0.05, 0) is 25.1 Å². The third-order valence-electron chi connectivity index (χ3n) is 3.31. The van der Waals surface area contributed by atoms with Crippen LogP contribution < -0.4 is 10.6 Å². The average Bonchev–Trinajstić information content (AvgIpc) is 2.40. The third kappa shape index (κ3) is 2.80. The fourth-order valence-corrected chi connectivity index (χ4v) is 2.20. The maximum Gasteiger partial charge on any atom is 0.337 e. The normalized spacial score (nSPS) is 23.4. The summed E-state index contributed by atoms with van der Waals surface area (Å²) in [6, 6.07) is 5.06. The van der Waals surface area contributed by atoms with Crippen molar-refractivity contribution in [1.29, 1.82) is 0 Å². The lowest BCUT2D eigenvalue weighted by molar-refractivity contribution is -0.0103. The molecule has 0 aliphatic carbocycles. The van der Waals surface area contributed by atoms with Crippen LogP contribution in [0, 0.1) is 0 Å². The van der Waals surface area contributed by atoms with Gasteiger partial charge in [0.1, 0.15) is 0 Å². The Morgan fingerprint density at radius 2 is 2.32 bits per heavy atom. The molecule has 0 spiro atoms. The summed E-state index contributed by atoms with van der Waals surface area (Å²) in [5.74, 6) is -1.04. The number of nitrogen functional groups attached to an aromatic ring is 1. The molecule has 1 aromatic carbocycles. The highest BCUT2D eigenvalue weighted by Gasteiger charge is 2.26. The van der Waals surface area contributed by atoms with Crippen LogP contribution in [0.2, 0.25) is 0 Å². The van der Waals surface area contributed by atoms with Crippen molar-refractivity contribution >= 4 is 17.3 Å². The Bertz CT molecular complexity index is 478. The van der Waals surface area contributed by atoms with Gasteiger partial charge < -0.3 is 25.6 Å². The van der Waals surface area contributed by atoms with Crippen molar-refractivity contribution in [3.8, 4) is 0 Å². The van der Waals surface area contributed by atoms with E-state index >= 15 is 0 Å². The molecule has 1 heterocycles. The van der Waals surface area contributed by atoms with Gasteiger partial charge in [-0.1, -0.05) is 0 Å². The molecule has 1 aromatic rings. The number of anilines is 2. The summed E-state index contributed by atoms with van der Waals surface area (Å²) in [5.41, 5.74) is 6.76. The minimum absolute atomic E-state index is 0.0516. The number of hydrogen-bond acceptors (Lipinski definition) is 5. The van der Waals surface area contributed by atoms with Crippen LogP contribution in [0.1, 0.15) is 17.3 Å². The first-order chi connectivity index (χ1) is 9.02. The first-order valence-electron chi connectivity index (χ1n) is 6.15. The molecule has 104 valence electrons. The second kappa shape index (κ2) is 5.46. The fraction of sp³-hybridized carbons (Fsp3) is 0.462. The molecule has 19 heavy (non-hydrogen) atoms. The van der Waals surface area contributed by atoms with E-state index in [-0.39, 0.29) is 30.0 Å². The number of nitrogens with zero attached hydrogens (tertiary/aromatic N) is 1. The van der Waals surface area contributed by atoms with Crippen LogP contribution in [-0.4, -0.2) is 48.1 Å². The highest BCUT2D eigenvalue weighted by atomic mass is 16.5. The molecule has 2 atom stereocenters. The number of rotatable bonds is 3. The van der Waals surface area contributed by atoms with Gasteiger partial charge in [0.05, 0.1) is 24.9 Å². The van der Waals surface area contributed by atoms with Gasteiger partial charge in [-0.2, -0.15) is 0 Å². The molecule has 4 N–H and O–H groups in total. The summed E-state index contributed by atoms with van der Waals surface area (Å²) in [6.45, 7) is 2.97. The van der Waals surface area contributed by atoms with Crippen LogP contribution in [-0.2, 0) is 4.74 Å². The van der Waals surface area contributed by atoms with Gasteiger partial charge in [-0.25, -0.2) is 4.79 Å². The molecule has 1 aliphatic heterocycles. The van der Waals surface area contributed by atoms with Crippen molar-refractivity contribution in [2.45, 2.75) is 19.1 Å². The standard InChI is InChI=1S/C13H18N2O4/c1-8-7-19-10(6-16)5-15(8)9-2-3-12(14)11(4-9)13(17)18/h2-4,8,10,16H,5-7,14H2,1H3,(H,17,18). The summed E-state index contributed by atoms with van der Waals surface area (Å²) in [5, 5.41) is 18.3. The predicted octanol–water partition coefficient (Wildman–Crippen LogP) is 0.553. The van der Waals surface area contributed by atoms with Gasteiger partial charge in [0.25, 0.3) is 0 Å². The predicted molar refractivity (Wildman–Crippen MR) is 71.4 cm³/mol. The number of carboxylic acid groups (broad SMARTS) is 1. The molecular formula is C13H18N2O4. The van der Waals surface area contributed by atoms with E-state index in [1.807, 2.05) is 11.8 Å². The topological polar surface area (TPSA) is 96.0 Å². The SMILES string of the molecule is CC1COC(CO)CN1c1ccc(N)c(C(=O)O)c1. The van der Waals surface area contributed by atoms with Gasteiger partial charge in [0.2, 0.25) is 0 Å². The van der Waals surface area contributed by atoms with Gasteiger partial charge >= 0.3 is 5.97 Å². The Balaban J connectivity index is 2.29. The van der Waals surface area contributed by atoms with E-state index in [9.17, 15) is 4.79 Å². The number of morpholine rings is 1. The first kappa shape index (κ1) is 13.6. The minimum atomic E-state index is -1.04. The summed E-state index contributed by atoms with van der Waals surface area (Å²) < 4.78 is 5.46. The van der Waals surface area contributed by atoms with Crippen molar-refractivity contribution in [2.24, 2.45) is 0 Å². The number of aromatic carboxylic acids is 1. The minimum Gasteiger partial charge on any atom is -0.478 e. The van der Waals surface area contributed by atoms with E-state index in [1.54, 1.807) is 18.2 Å². The molecule has 0 aromatic heterocycles. The van der Waals surface area contributed by atoms with Crippen LogP contribution in [0.25, 0.3) is 0 Å². The summed E-state index contributed by atoms with van der Waals surface area (Å²) >= 11 is 0. The zero-order valence-electron chi connectivity index (χ0n) is 10.7. The maximum atomic E-state index is 11.1. The smallest absolute Gasteiger partial charge is 0.337 e. The second-order valence-electron chi connectivity index (χ2n) is 4.72. The van der Waals surface area contributed by atoms with Crippen molar-refractivity contribution in [3.05, 3.63) is 23.8 Å². The van der Waals surface area contributed by atoms with E-state index in [0.717, 1.165) is 5.69 Å². The highest BCUT2D eigenvalue weighted by Crippen LogP contribution is 2.25. The van der Waals surface area contributed by atoms with Crippen molar-refractivity contribution < 1.29 is 19.7 Å². The van der Waals surface area contributed by atoms with Gasteiger partial charge in [-0.15, -0.1) is 0 Å². The van der Waals surface area contributed by atoms with Crippen LogP contribution >= 0.6 is 0 Å². The zero-order chi connectivity index (χ0) is 14.0. The van der Waals surface area contributed by atoms with Crippen LogP contribution in [0.4, 0.5) is 11.4 Å². The van der Waals surface area contributed by atoms with Crippen molar-refractivity contribution in [1.82, 2.24) is 0 Å². The number of nitrogens with two attached hydrogens (primary N) is 1. The quantitative estimate of drug-likeness (QED) is 0.692. The highest BCUT2D eigenvalue weighted by molar-refractivity contribution is 5.94. The van der Waals surface area contributed by atoms with Crippen molar-refractivity contribution in [2.75, 3.05) is 30.4 Å². The van der Waals surface area contributed by atoms with Crippen LogP contribution in [0.5, 0.6) is 0 Å². The number of aliphatic hydroxyl groups excluding tert-OH is 1. The lowest BCUT2D eigenvalue weighted by Crippen LogP contribution is -2.49. The molecule has 0 bridgehead atoms. The van der Waals surface area contributed by atoms with Gasteiger partial charge in [0, 0.05) is 24.0 Å². The lowest BCUT2D eigenvalue weighted by atomic mass is 10.1. The Labute approximate surface area is 111 Å². The Kier molecular flexibility index (Phi) is 3.92. The Morgan fingerprint density at radius 1 is 1.58 bits per heavy atom. The number of carboxylic acids is 1. The molecule has 0 amide bonds. The lowest BCUT2D eigenvalue weighted by Gasteiger charge is -2.39. The van der Waals surface area contributed by atoms with Gasteiger partial charge in [-0.3, -0.25) is 0 Å². The molecule has 0 saturated carbocycles. The third-order valence-corrected chi connectivity index (χ3v) is 3.31. The van der Waals surface area contributed by atoms with E-state index in [2.05, 4.69) is 0 Å². The number of ether oxygens (including phenoxy) is 1. The van der Waals surface area contributed by atoms with Crippen molar-refractivity contribution in [3.63, 3.8) is 0 Å². The largest absolute Gasteiger partial charge is 0.478 e. The summed E-state index contributed by atoms with van der Waals surface area (Å²) in [4.78, 5) is 13.1. The number of hydrogen-bond donors (Lipinski definition) is 3. The molecule has 6 heteroatoms. The Morgan fingerprint density at radius 3 is 2.95 bits per heavy atom. The molecule has 2 rings (SSSR count).